The molecule has 2 nitrogen and oxygen atoms in total. The topological polar surface area (TPSA) is 26.3 Å². The number of carbonyl (C=O) groups is 1. The summed E-state index contributed by atoms with van der Waals surface area (Å²) in [5.74, 6) is 1.42. The smallest absolute Gasteiger partial charge is 0.333 e. The zero-order valence-corrected chi connectivity index (χ0v) is 9.71. The number of allylic oxidation sites excluding steroid dienone is 1. The second-order valence-electron chi connectivity index (χ2n) is 4.79. The fourth-order valence-corrected chi connectivity index (χ4v) is 3.02. The summed E-state index contributed by atoms with van der Waals surface area (Å²) in [6.07, 6.45) is 6.46. The molecule has 0 aromatic heterocycles. The van der Waals surface area contributed by atoms with Gasteiger partial charge in [0.1, 0.15) is 0 Å². The van der Waals surface area contributed by atoms with Gasteiger partial charge in [0.25, 0.3) is 0 Å². The number of carbonyl (C=O) groups excluding carboxylic acids is 1. The van der Waals surface area contributed by atoms with Gasteiger partial charge < -0.3 is 4.74 Å². The monoisotopic (exact) mass is 208 g/mol. The maximum Gasteiger partial charge on any atom is 0.333 e. The molecule has 3 rings (SSSR count). The lowest BCUT2D eigenvalue weighted by Crippen LogP contribution is -2.27. The van der Waals surface area contributed by atoms with E-state index in [1.807, 2.05) is 13.8 Å². The average Bonchev–Trinajstić information content (AvgIpc) is 2.30. The number of rotatable bonds is 2. The van der Waals surface area contributed by atoms with Gasteiger partial charge in [0, 0.05) is 5.57 Å². The van der Waals surface area contributed by atoms with E-state index in [9.17, 15) is 4.79 Å². The zero-order valence-electron chi connectivity index (χ0n) is 9.71. The molecule has 0 aromatic carbocycles. The van der Waals surface area contributed by atoms with Crippen LogP contribution in [-0.2, 0) is 9.53 Å². The van der Waals surface area contributed by atoms with E-state index < -0.39 is 0 Å². The van der Waals surface area contributed by atoms with E-state index >= 15 is 0 Å². The summed E-state index contributed by atoms with van der Waals surface area (Å²) in [5.41, 5.74) is 2.29. The van der Waals surface area contributed by atoms with Gasteiger partial charge in [0.05, 0.1) is 6.61 Å². The molecule has 0 atom stereocenters. The minimum absolute atomic E-state index is 0.0972. The fraction of sp³-hybridized carbons (Fsp3) is 0.769. The minimum Gasteiger partial charge on any atom is -0.463 e. The van der Waals surface area contributed by atoms with Crippen LogP contribution in [0.4, 0.5) is 0 Å². The Balaban J connectivity index is 2.14. The van der Waals surface area contributed by atoms with Crippen LogP contribution < -0.4 is 0 Å². The highest BCUT2D eigenvalue weighted by Gasteiger charge is 2.33. The molecular formula is C13H20O2. The number of esters is 1. The summed E-state index contributed by atoms with van der Waals surface area (Å²) in [7, 11) is 0. The van der Waals surface area contributed by atoms with E-state index in [4.69, 9.17) is 4.74 Å². The lowest BCUT2D eigenvalue weighted by atomic mass is 9.67. The van der Waals surface area contributed by atoms with Crippen LogP contribution in [0, 0.1) is 11.8 Å². The third-order valence-electron chi connectivity index (χ3n) is 3.91. The molecule has 0 spiro atoms. The van der Waals surface area contributed by atoms with Gasteiger partial charge in [-0.2, -0.15) is 0 Å². The molecule has 2 heteroatoms. The van der Waals surface area contributed by atoms with Gasteiger partial charge in [-0.15, -0.1) is 0 Å². The zero-order chi connectivity index (χ0) is 10.8. The first kappa shape index (κ1) is 10.7. The van der Waals surface area contributed by atoms with Crippen LogP contribution in [0.5, 0.6) is 0 Å². The molecule has 0 unspecified atom stereocenters. The second-order valence-corrected chi connectivity index (χ2v) is 4.79. The second kappa shape index (κ2) is 4.38. The van der Waals surface area contributed by atoms with Crippen molar-refractivity contribution in [1.29, 1.82) is 0 Å². The normalized spacial score (nSPS) is 32.7. The predicted molar refractivity (Wildman–Crippen MR) is 59.4 cm³/mol. The molecule has 0 N–H and O–H groups in total. The highest BCUT2D eigenvalue weighted by molar-refractivity contribution is 5.88. The van der Waals surface area contributed by atoms with E-state index in [0.29, 0.717) is 12.5 Å². The van der Waals surface area contributed by atoms with Gasteiger partial charge >= 0.3 is 5.97 Å². The Kier molecular flexibility index (Phi) is 3.13. The number of ether oxygens (including phenoxy) is 1. The van der Waals surface area contributed by atoms with Crippen molar-refractivity contribution >= 4 is 5.97 Å². The Bertz CT molecular complexity index is 283. The standard InChI is InChI=1S/C13H20O2/c1-3-15-13(14)9(2)12-8-10-4-6-11(12)7-5-10/h10-11H,3-8H2,1-2H3/b12-9+. The van der Waals surface area contributed by atoms with Crippen LogP contribution in [0.3, 0.4) is 0 Å². The van der Waals surface area contributed by atoms with Crippen molar-refractivity contribution in [2.24, 2.45) is 11.8 Å². The highest BCUT2D eigenvalue weighted by Crippen LogP contribution is 2.45. The first-order valence-corrected chi connectivity index (χ1v) is 6.09. The third kappa shape index (κ3) is 2.09. The molecule has 0 amide bonds. The van der Waals surface area contributed by atoms with Crippen molar-refractivity contribution in [3.63, 3.8) is 0 Å². The predicted octanol–water partition coefficient (Wildman–Crippen LogP) is 3.08. The highest BCUT2D eigenvalue weighted by atomic mass is 16.5. The number of fused-ring (bicyclic) bond motifs is 3. The van der Waals surface area contributed by atoms with Gasteiger partial charge in [0.15, 0.2) is 0 Å². The molecule has 2 bridgehead atoms. The van der Waals surface area contributed by atoms with Crippen molar-refractivity contribution in [2.75, 3.05) is 6.61 Å². The van der Waals surface area contributed by atoms with Crippen molar-refractivity contribution in [3.8, 4) is 0 Å². The fourth-order valence-electron chi connectivity index (χ4n) is 3.02. The molecule has 0 radical (unpaired) electrons. The van der Waals surface area contributed by atoms with Crippen molar-refractivity contribution in [3.05, 3.63) is 11.1 Å². The SMILES string of the molecule is CCOC(=O)/C(C)=C1\CC2CCC1CC2. The molecule has 0 aromatic rings. The first-order chi connectivity index (χ1) is 7.22. The molecule has 3 saturated carbocycles. The van der Waals surface area contributed by atoms with E-state index in [1.54, 1.807) is 0 Å². The van der Waals surface area contributed by atoms with Crippen molar-refractivity contribution < 1.29 is 9.53 Å². The summed E-state index contributed by atoms with van der Waals surface area (Å²) >= 11 is 0. The van der Waals surface area contributed by atoms with Gasteiger partial charge in [-0.05, 0) is 57.8 Å². The molecule has 0 heterocycles. The van der Waals surface area contributed by atoms with Crippen LogP contribution in [0.1, 0.15) is 46.0 Å². The molecular weight excluding hydrogens is 188 g/mol. The molecule has 15 heavy (non-hydrogen) atoms. The van der Waals surface area contributed by atoms with Gasteiger partial charge in [-0.25, -0.2) is 4.79 Å². The van der Waals surface area contributed by atoms with Crippen molar-refractivity contribution in [2.45, 2.75) is 46.0 Å². The van der Waals surface area contributed by atoms with E-state index in [2.05, 4.69) is 0 Å². The van der Waals surface area contributed by atoms with Crippen LogP contribution in [0.2, 0.25) is 0 Å². The largest absolute Gasteiger partial charge is 0.463 e. The van der Waals surface area contributed by atoms with Crippen molar-refractivity contribution in [1.82, 2.24) is 0 Å². The summed E-state index contributed by atoms with van der Waals surface area (Å²) in [4.78, 5) is 11.6. The Morgan fingerprint density at radius 2 is 2.00 bits per heavy atom. The summed E-state index contributed by atoms with van der Waals surface area (Å²) in [6, 6.07) is 0. The molecule has 0 aliphatic heterocycles. The summed E-state index contributed by atoms with van der Waals surface area (Å²) < 4.78 is 5.07. The van der Waals surface area contributed by atoms with Crippen LogP contribution >= 0.6 is 0 Å². The third-order valence-corrected chi connectivity index (χ3v) is 3.91. The Morgan fingerprint density at radius 1 is 1.33 bits per heavy atom. The lowest BCUT2D eigenvalue weighted by Gasteiger charge is -2.39. The first-order valence-electron chi connectivity index (χ1n) is 6.09. The quantitative estimate of drug-likeness (QED) is 0.515. The van der Waals surface area contributed by atoms with Gasteiger partial charge in [-0.1, -0.05) is 5.57 Å². The van der Waals surface area contributed by atoms with Gasteiger partial charge in [-0.3, -0.25) is 0 Å². The lowest BCUT2D eigenvalue weighted by molar-refractivity contribution is -0.138. The summed E-state index contributed by atoms with van der Waals surface area (Å²) in [6.45, 7) is 4.29. The molecule has 3 fully saturated rings. The molecule has 84 valence electrons. The van der Waals surface area contributed by atoms with Crippen LogP contribution in [0.25, 0.3) is 0 Å². The maximum absolute atomic E-state index is 11.6. The average molecular weight is 208 g/mol. The number of hydrogen-bond donors (Lipinski definition) is 0. The van der Waals surface area contributed by atoms with E-state index in [0.717, 1.165) is 17.9 Å². The molecule has 3 aliphatic carbocycles. The maximum atomic E-state index is 11.6. The Hall–Kier alpha value is -0.790. The van der Waals surface area contributed by atoms with Crippen LogP contribution in [0.15, 0.2) is 11.1 Å². The Labute approximate surface area is 91.7 Å². The van der Waals surface area contributed by atoms with Gasteiger partial charge in [0.2, 0.25) is 0 Å². The molecule has 3 aliphatic rings. The molecule has 0 saturated heterocycles. The summed E-state index contributed by atoms with van der Waals surface area (Å²) in [5, 5.41) is 0. The van der Waals surface area contributed by atoms with E-state index in [-0.39, 0.29) is 5.97 Å². The number of hydrogen-bond acceptors (Lipinski definition) is 2. The van der Waals surface area contributed by atoms with Crippen LogP contribution in [-0.4, -0.2) is 12.6 Å². The Morgan fingerprint density at radius 3 is 2.47 bits per heavy atom. The van der Waals surface area contributed by atoms with E-state index in [1.165, 1.54) is 31.3 Å². The minimum atomic E-state index is -0.0972.